The van der Waals surface area contributed by atoms with Gasteiger partial charge in [0.05, 0.1) is 0 Å². The highest BCUT2D eigenvalue weighted by molar-refractivity contribution is 7.11. The van der Waals surface area contributed by atoms with E-state index in [0.717, 1.165) is 6.42 Å². The first-order valence-corrected chi connectivity index (χ1v) is 8.55. The molecule has 1 heterocycles. The van der Waals surface area contributed by atoms with Crippen LogP contribution in [0.2, 0.25) is 0 Å². The zero-order valence-electron chi connectivity index (χ0n) is 13.8. The molecule has 1 amide bonds. The molecule has 0 radical (unpaired) electrons. The minimum Gasteiger partial charge on any atom is -0.351 e. The number of halogens is 1. The summed E-state index contributed by atoms with van der Waals surface area (Å²) < 4.78 is 1.58. The molecule has 1 aromatic carbocycles. The van der Waals surface area contributed by atoms with Gasteiger partial charge in [-0.3, -0.25) is 19.1 Å². The highest BCUT2D eigenvalue weighted by Gasteiger charge is 2.10. The van der Waals surface area contributed by atoms with E-state index in [-0.39, 0.29) is 23.9 Å². The Morgan fingerprint density at radius 2 is 1.96 bits per heavy atom. The maximum absolute atomic E-state index is 12.3. The van der Waals surface area contributed by atoms with Gasteiger partial charge in [0.15, 0.2) is 4.80 Å². The van der Waals surface area contributed by atoms with E-state index >= 15 is 0 Å². The van der Waals surface area contributed by atoms with E-state index in [9.17, 15) is 9.59 Å². The lowest BCUT2D eigenvalue weighted by Gasteiger charge is -2.07. The molecule has 1 aromatic heterocycles. The van der Waals surface area contributed by atoms with Gasteiger partial charge in [-0.2, -0.15) is 0 Å². The van der Waals surface area contributed by atoms with Crippen LogP contribution in [0.3, 0.4) is 0 Å². The van der Waals surface area contributed by atoms with Crippen LogP contribution in [0.4, 0.5) is 0 Å². The van der Waals surface area contributed by atoms with Crippen LogP contribution in [0.25, 0.3) is 0 Å². The largest absolute Gasteiger partial charge is 0.351 e. The molecule has 0 fully saturated rings. The van der Waals surface area contributed by atoms with Gasteiger partial charge in [0, 0.05) is 25.7 Å². The highest BCUT2D eigenvalue weighted by Crippen LogP contribution is 2.01. The van der Waals surface area contributed by atoms with E-state index in [4.69, 9.17) is 0 Å². The Morgan fingerprint density at radius 3 is 2.58 bits per heavy atom. The Morgan fingerprint density at radius 1 is 1.25 bits per heavy atom. The SMILES string of the molecule is CCN=c1sc(C(=O)NCCc2ccccc2)cc(=O)n1CC.Cl. The molecule has 0 aliphatic rings. The van der Waals surface area contributed by atoms with E-state index in [1.54, 1.807) is 4.57 Å². The highest BCUT2D eigenvalue weighted by atomic mass is 35.5. The van der Waals surface area contributed by atoms with E-state index in [1.165, 1.54) is 23.0 Å². The topological polar surface area (TPSA) is 63.5 Å². The van der Waals surface area contributed by atoms with Crippen LogP contribution in [0.1, 0.15) is 29.1 Å². The van der Waals surface area contributed by atoms with Crippen LogP contribution in [0, 0.1) is 0 Å². The molecule has 0 aliphatic heterocycles. The Balaban J connectivity index is 0.00000288. The summed E-state index contributed by atoms with van der Waals surface area (Å²) in [6.45, 7) is 5.46. The molecule has 0 atom stereocenters. The first-order chi connectivity index (χ1) is 11.2. The zero-order chi connectivity index (χ0) is 16.7. The Bertz CT molecular complexity index is 784. The van der Waals surface area contributed by atoms with Crippen molar-refractivity contribution in [3.8, 4) is 0 Å². The summed E-state index contributed by atoms with van der Waals surface area (Å²) in [5.41, 5.74) is 0.978. The van der Waals surface area contributed by atoms with Crippen LogP contribution < -0.4 is 15.7 Å². The van der Waals surface area contributed by atoms with E-state index in [1.807, 2.05) is 44.2 Å². The second-order valence-electron chi connectivity index (χ2n) is 4.94. The fourth-order valence-corrected chi connectivity index (χ4v) is 3.22. The second kappa shape index (κ2) is 10.1. The maximum Gasteiger partial charge on any atom is 0.261 e. The van der Waals surface area contributed by atoms with Gasteiger partial charge in [0.1, 0.15) is 4.88 Å². The third kappa shape index (κ3) is 5.32. The minimum absolute atomic E-state index is 0. The lowest BCUT2D eigenvalue weighted by atomic mass is 10.1. The predicted molar refractivity (Wildman–Crippen MR) is 100 cm³/mol. The summed E-state index contributed by atoms with van der Waals surface area (Å²) in [6.07, 6.45) is 0.759. The molecule has 24 heavy (non-hydrogen) atoms. The van der Waals surface area contributed by atoms with Gasteiger partial charge in [-0.05, 0) is 25.8 Å². The van der Waals surface area contributed by atoms with Crippen LogP contribution in [-0.2, 0) is 13.0 Å². The van der Waals surface area contributed by atoms with Crippen molar-refractivity contribution in [1.82, 2.24) is 9.88 Å². The molecule has 7 heteroatoms. The van der Waals surface area contributed by atoms with Crippen molar-refractivity contribution >= 4 is 29.7 Å². The molecule has 1 N–H and O–H groups in total. The van der Waals surface area contributed by atoms with Gasteiger partial charge >= 0.3 is 0 Å². The van der Waals surface area contributed by atoms with Crippen molar-refractivity contribution in [2.75, 3.05) is 13.1 Å². The molecule has 5 nitrogen and oxygen atoms in total. The van der Waals surface area contributed by atoms with Gasteiger partial charge < -0.3 is 5.32 Å². The molecule has 0 spiro atoms. The minimum atomic E-state index is -0.223. The smallest absolute Gasteiger partial charge is 0.261 e. The van der Waals surface area contributed by atoms with E-state index in [0.29, 0.717) is 29.3 Å². The van der Waals surface area contributed by atoms with Gasteiger partial charge in [0.2, 0.25) is 0 Å². The van der Waals surface area contributed by atoms with Crippen LogP contribution in [0.15, 0.2) is 46.2 Å². The molecule has 0 saturated heterocycles. The van der Waals surface area contributed by atoms with Crippen LogP contribution in [0.5, 0.6) is 0 Å². The lowest BCUT2D eigenvalue weighted by Crippen LogP contribution is -2.34. The molecular formula is C17H22ClN3O2S. The van der Waals surface area contributed by atoms with Gasteiger partial charge in [0.25, 0.3) is 11.5 Å². The Hall–Kier alpha value is -1.92. The molecule has 130 valence electrons. The number of amides is 1. The standard InChI is InChI=1S/C17H21N3O2S.ClH/c1-3-18-17-20(4-2)15(21)12-14(23-17)16(22)19-11-10-13-8-6-5-7-9-13;/h5-9,12H,3-4,10-11H2,1-2H3,(H,19,22);1H. The number of carbonyl (C=O) groups excluding carboxylic acids is 1. The predicted octanol–water partition coefficient (Wildman–Crippen LogP) is 2.24. The van der Waals surface area contributed by atoms with Crippen molar-refractivity contribution in [1.29, 1.82) is 0 Å². The van der Waals surface area contributed by atoms with Crippen molar-refractivity contribution in [2.24, 2.45) is 4.99 Å². The molecule has 0 unspecified atom stereocenters. The summed E-state index contributed by atoms with van der Waals surface area (Å²) in [7, 11) is 0. The summed E-state index contributed by atoms with van der Waals surface area (Å²) >= 11 is 1.25. The van der Waals surface area contributed by atoms with E-state index in [2.05, 4.69) is 10.3 Å². The van der Waals surface area contributed by atoms with Crippen LogP contribution in [-0.4, -0.2) is 23.6 Å². The Labute approximate surface area is 151 Å². The van der Waals surface area contributed by atoms with Crippen molar-refractivity contribution in [2.45, 2.75) is 26.8 Å². The average molecular weight is 368 g/mol. The third-order valence-electron chi connectivity index (χ3n) is 3.33. The van der Waals surface area contributed by atoms with Gasteiger partial charge in [-0.15, -0.1) is 12.4 Å². The molecule has 0 saturated carbocycles. The molecule has 0 aliphatic carbocycles. The number of hydrogen-bond donors (Lipinski definition) is 1. The summed E-state index contributed by atoms with van der Waals surface area (Å²) in [5, 5.41) is 2.86. The fourth-order valence-electron chi connectivity index (χ4n) is 2.18. The van der Waals surface area contributed by atoms with Crippen molar-refractivity contribution < 1.29 is 4.79 Å². The fraction of sp³-hybridized carbons (Fsp3) is 0.353. The number of aromatic nitrogens is 1. The molecule has 2 aromatic rings. The normalized spacial score (nSPS) is 11.0. The number of nitrogens with one attached hydrogen (secondary N) is 1. The Kier molecular flexibility index (Phi) is 8.43. The monoisotopic (exact) mass is 367 g/mol. The summed E-state index contributed by atoms with van der Waals surface area (Å²) in [5.74, 6) is -0.223. The first-order valence-electron chi connectivity index (χ1n) is 7.73. The van der Waals surface area contributed by atoms with Crippen molar-refractivity contribution in [3.05, 3.63) is 62.0 Å². The number of rotatable bonds is 6. The second-order valence-corrected chi connectivity index (χ2v) is 5.95. The van der Waals surface area contributed by atoms with Gasteiger partial charge in [-0.1, -0.05) is 41.7 Å². The van der Waals surface area contributed by atoms with Crippen LogP contribution >= 0.6 is 23.7 Å². The lowest BCUT2D eigenvalue weighted by molar-refractivity contribution is 0.0958. The number of carbonyl (C=O) groups is 1. The molecular weight excluding hydrogens is 346 g/mol. The zero-order valence-corrected chi connectivity index (χ0v) is 15.5. The maximum atomic E-state index is 12.3. The number of benzene rings is 1. The summed E-state index contributed by atoms with van der Waals surface area (Å²) in [4.78, 5) is 29.7. The average Bonchev–Trinajstić information content (AvgIpc) is 2.56. The first kappa shape index (κ1) is 20.1. The number of hydrogen-bond acceptors (Lipinski definition) is 4. The molecule has 0 bridgehead atoms. The molecule has 2 rings (SSSR count). The number of nitrogens with zero attached hydrogens (tertiary/aromatic N) is 2. The van der Waals surface area contributed by atoms with E-state index < -0.39 is 0 Å². The van der Waals surface area contributed by atoms with Gasteiger partial charge in [-0.25, -0.2) is 0 Å². The quantitative estimate of drug-likeness (QED) is 0.851. The summed E-state index contributed by atoms with van der Waals surface area (Å²) in [6, 6.07) is 11.3. The third-order valence-corrected chi connectivity index (χ3v) is 4.38. The van der Waals surface area contributed by atoms with Crippen molar-refractivity contribution in [3.63, 3.8) is 0 Å².